The molecule has 1 heterocycles. The van der Waals surface area contributed by atoms with Crippen molar-refractivity contribution >= 4 is 16.9 Å². The number of fused-ring (bicyclic) bond motifs is 1. The summed E-state index contributed by atoms with van der Waals surface area (Å²) in [7, 11) is 3.41. The molecular formula is C12H13NO2. The van der Waals surface area contributed by atoms with E-state index >= 15 is 0 Å². The third-order valence-electron chi connectivity index (χ3n) is 2.53. The summed E-state index contributed by atoms with van der Waals surface area (Å²) in [5, 5.41) is 1.15. The molecule has 15 heavy (non-hydrogen) atoms. The average Bonchev–Trinajstić information content (AvgIpc) is 2.60. The second kappa shape index (κ2) is 3.77. The number of ether oxygens (including phenoxy) is 1. The molecule has 0 spiro atoms. The zero-order chi connectivity index (χ0) is 10.8. The van der Waals surface area contributed by atoms with Gasteiger partial charge < -0.3 is 9.30 Å². The predicted octanol–water partition coefficient (Wildman–Crippen LogP) is 1.89. The summed E-state index contributed by atoms with van der Waals surface area (Å²) in [6.45, 7) is 0. The van der Waals surface area contributed by atoms with Crippen LogP contribution in [0, 0.1) is 0 Å². The third-order valence-corrected chi connectivity index (χ3v) is 2.53. The van der Waals surface area contributed by atoms with Crippen LogP contribution in [0.5, 0.6) is 0 Å². The SMILES string of the molecule is COC(=O)Cc1ccc2c(ccn2C)c1. The number of esters is 1. The molecule has 1 aromatic heterocycles. The molecule has 0 aliphatic heterocycles. The Hall–Kier alpha value is -1.77. The second-order valence-corrected chi connectivity index (χ2v) is 3.57. The van der Waals surface area contributed by atoms with E-state index in [1.807, 2.05) is 37.5 Å². The smallest absolute Gasteiger partial charge is 0.309 e. The maximum absolute atomic E-state index is 11.1. The first-order valence-electron chi connectivity index (χ1n) is 4.81. The second-order valence-electron chi connectivity index (χ2n) is 3.57. The van der Waals surface area contributed by atoms with Crippen LogP contribution in [0.4, 0.5) is 0 Å². The molecule has 2 rings (SSSR count). The summed E-state index contributed by atoms with van der Waals surface area (Å²) in [5.41, 5.74) is 2.16. The number of aromatic nitrogens is 1. The largest absolute Gasteiger partial charge is 0.469 e. The molecule has 0 fully saturated rings. The zero-order valence-corrected chi connectivity index (χ0v) is 8.86. The molecule has 0 bridgehead atoms. The van der Waals surface area contributed by atoms with Crippen molar-refractivity contribution in [3.63, 3.8) is 0 Å². The molecule has 0 saturated heterocycles. The molecule has 0 amide bonds. The van der Waals surface area contributed by atoms with Crippen LogP contribution in [0.3, 0.4) is 0 Å². The van der Waals surface area contributed by atoms with Gasteiger partial charge in [-0.05, 0) is 29.1 Å². The van der Waals surface area contributed by atoms with Crippen LogP contribution in [0.2, 0.25) is 0 Å². The first kappa shape index (κ1) is 9.77. The minimum absolute atomic E-state index is 0.203. The quantitative estimate of drug-likeness (QED) is 0.698. The lowest BCUT2D eigenvalue weighted by Crippen LogP contribution is -2.04. The lowest BCUT2D eigenvalue weighted by atomic mass is 10.1. The van der Waals surface area contributed by atoms with Crippen LogP contribution in [0.1, 0.15) is 5.56 Å². The van der Waals surface area contributed by atoms with Crippen molar-refractivity contribution in [2.24, 2.45) is 7.05 Å². The maximum Gasteiger partial charge on any atom is 0.309 e. The van der Waals surface area contributed by atoms with E-state index in [9.17, 15) is 4.79 Å². The van der Waals surface area contributed by atoms with E-state index in [1.165, 1.54) is 12.6 Å². The first-order valence-corrected chi connectivity index (χ1v) is 4.81. The Kier molecular flexibility index (Phi) is 2.46. The standard InChI is InChI=1S/C12H13NO2/c1-13-6-5-10-7-9(3-4-11(10)13)8-12(14)15-2/h3-7H,8H2,1-2H3. The zero-order valence-electron chi connectivity index (χ0n) is 8.86. The maximum atomic E-state index is 11.1. The number of hydrogen-bond acceptors (Lipinski definition) is 2. The van der Waals surface area contributed by atoms with E-state index in [0.717, 1.165) is 10.9 Å². The molecule has 0 atom stereocenters. The Bertz CT molecular complexity index is 499. The van der Waals surface area contributed by atoms with E-state index < -0.39 is 0 Å². The summed E-state index contributed by atoms with van der Waals surface area (Å²) in [6.07, 6.45) is 2.34. The first-order chi connectivity index (χ1) is 7.20. The topological polar surface area (TPSA) is 31.2 Å². The van der Waals surface area contributed by atoms with E-state index in [-0.39, 0.29) is 5.97 Å². The van der Waals surface area contributed by atoms with Crippen molar-refractivity contribution < 1.29 is 9.53 Å². The highest BCUT2D eigenvalue weighted by atomic mass is 16.5. The van der Waals surface area contributed by atoms with Gasteiger partial charge >= 0.3 is 5.97 Å². The van der Waals surface area contributed by atoms with Crippen molar-refractivity contribution in [1.29, 1.82) is 0 Å². The molecule has 0 saturated carbocycles. The van der Waals surface area contributed by atoms with E-state index in [4.69, 9.17) is 0 Å². The number of carbonyl (C=O) groups is 1. The van der Waals surface area contributed by atoms with Crippen molar-refractivity contribution in [3.8, 4) is 0 Å². The fourth-order valence-corrected chi connectivity index (χ4v) is 1.68. The molecule has 3 nitrogen and oxygen atoms in total. The van der Waals surface area contributed by atoms with Gasteiger partial charge in [0.1, 0.15) is 0 Å². The number of carbonyl (C=O) groups excluding carboxylic acids is 1. The molecule has 1 aromatic carbocycles. The molecule has 2 aromatic rings. The summed E-state index contributed by atoms with van der Waals surface area (Å²) in [5.74, 6) is -0.203. The molecule has 0 N–H and O–H groups in total. The van der Waals surface area contributed by atoms with Crippen LogP contribution in [-0.2, 0) is 23.0 Å². The number of methoxy groups -OCH3 is 1. The van der Waals surface area contributed by atoms with Gasteiger partial charge in [-0.2, -0.15) is 0 Å². The summed E-state index contributed by atoms with van der Waals surface area (Å²) in [4.78, 5) is 11.1. The summed E-state index contributed by atoms with van der Waals surface area (Å²) < 4.78 is 6.68. The van der Waals surface area contributed by atoms with Crippen LogP contribution in [0.25, 0.3) is 10.9 Å². The molecule has 0 radical (unpaired) electrons. The fraction of sp³-hybridized carbons (Fsp3) is 0.250. The Morgan fingerprint density at radius 2 is 2.20 bits per heavy atom. The van der Waals surface area contributed by atoms with Crippen molar-refractivity contribution in [2.45, 2.75) is 6.42 Å². The van der Waals surface area contributed by atoms with Crippen molar-refractivity contribution in [2.75, 3.05) is 7.11 Å². The number of rotatable bonds is 2. The van der Waals surface area contributed by atoms with Crippen LogP contribution in [0.15, 0.2) is 30.5 Å². The lowest BCUT2D eigenvalue weighted by molar-refractivity contribution is -0.139. The Morgan fingerprint density at radius 1 is 1.40 bits per heavy atom. The Morgan fingerprint density at radius 3 is 2.93 bits per heavy atom. The molecular weight excluding hydrogens is 190 g/mol. The summed E-state index contributed by atoms with van der Waals surface area (Å²) in [6, 6.07) is 8.04. The van der Waals surface area contributed by atoms with Gasteiger partial charge in [0.05, 0.1) is 13.5 Å². The van der Waals surface area contributed by atoms with Gasteiger partial charge in [0, 0.05) is 18.8 Å². The van der Waals surface area contributed by atoms with Gasteiger partial charge in [-0.15, -0.1) is 0 Å². The predicted molar refractivity (Wildman–Crippen MR) is 58.6 cm³/mol. The van der Waals surface area contributed by atoms with E-state index in [1.54, 1.807) is 0 Å². The molecule has 3 heteroatoms. The summed E-state index contributed by atoms with van der Waals surface area (Å²) >= 11 is 0. The highest BCUT2D eigenvalue weighted by molar-refractivity contribution is 5.82. The molecule has 0 aliphatic carbocycles. The van der Waals surface area contributed by atoms with Gasteiger partial charge in [0.2, 0.25) is 0 Å². The van der Waals surface area contributed by atoms with E-state index in [0.29, 0.717) is 6.42 Å². The minimum atomic E-state index is -0.203. The van der Waals surface area contributed by atoms with Gasteiger partial charge in [-0.3, -0.25) is 4.79 Å². The van der Waals surface area contributed by atoms with Gasteiger partial charge in [0.25, 0.3) is 0 Å². The molecule has 78 valence electrons. The van der Waals surface area contributed by atoms with Crippen molar-refractivity contribution in [1.82, 2.24) is 4.57 Å². The normalized spacial score (nSPS) is 10.5. The van der Waals surface area contributed by atoms with Gasteiger partial charge in [0.15, 0.2) is 0 Å². The third kappa shape index (κ3) is 1.86. The number of benzene rings is 1. The number of hydrogen-bond donors (Lipinski definition) is 0. The highest BCUT2D eigenvalue weighted by Crippen LogP contribution is 2.17. The van der Waals surface area contributed by atoms with Crippen LogP contribution >= 0.6 is 0 Å². The Balaban J connectivity index is 2.35. The monoisotopic (exact) mass is 203 g/mol. The van der Waals surface area contributed by atoms with E-state index in [2.05, 4.69) is 9.30 Å². The lowest BCUT2D eigenvalue weighted by Gasteiger charge is -2.01. The molecule has 0 unspecified atom stereocenters. The fourth-order valence-electron chi connectivity index (χ4n) is 1.68. The highest BCUT2D eigenvalue weighted by Gasteiger charge is 2.04. The average molecular weight is 203 g/mol. The Labute approximate surface area is 88.3 Å². The van der Waals surface area contributed by atoms with Gasteiger partial charge in [-0.1, -0.05) is 6.07 Å². The number of aryl methyl sites for hydroxylation is 1. The number of nitrogens with zero attached hydrogens (tertiary/aromatic N) is 1. The van der Waals surface area contributed by atoms with Gasteiger partial charge in [-0.25, -0.2) is 0 Å². The van der Waals surface area contributed by atoms with Crippen LogP contribution < -0.4 is 0 Å². The minimum Gasteiger partial charge on any atom is -0.469 e. The molecule has 0 aliphatic rings. The van der Waals surface area contributed by atoms with Crippen LogP contribution in [-0.4, -0.2) is 17.6 Å². The van der Waals surface area contributed by atoms with Crippen molar-refractivity contribution in [3.05, 3.63) is 36.0 Å².